The zero-order valence-corrected chi connectivity index (χ0v) is 8.12. The number of anilines is 1. The fourth-order valence-electron chi connectivity index (χ4n) is 1.08. The molecule has 14 heavy (non-hydrogen) atoms. The van der Waals surface area contributed by atoms with Crippen molar-refractivity contribution in [3.63, 3.8) is 0 Å². The average Bonchev–Trinajstić information content (AvgIpc) is 2.70. The van der Waals surface area contributed by atoms with Crippen LogP contribution >= 0.6 is 11.6 Å². The van der Waals surface area contributed by atoms with Crippen molar-refractivity contribution in [1.82, 2.24) is 15.2 Å². The van der Waals surface area contributed by atoms with E-state index >= 15 is 0 Å². The molecule has 1 aromatic heterocycles. The van der Waals surface area contributed by atoms with Gasteiger partial charge in [0.2, 0.25) is 5.95 Å². The van der Waals surface area contributed by atoms with Crippen LogP contribution in [-0.2, 0) is 6.54 Å². The first-order valence-electron chi connectivity index (χ1n) is 4.19. The second-order valence-electron chi connectivity index (χ2n) is 2.80. The molecule has 0 unspecified atom stereocenters. The Bertz CT molecular complexity index is 382. The summed E-state index contributed by atoms with van der Waals surface area (Å²) in [5.74, 6) is 0.597. The van der Waals surface area contributed by atoms with Crippen LogP contribution in [0.5, 0.6) is 0 Å². The zero-order chi connectivity index (χ0) is 9.80. The maximum atomic E-state index is 5.76. The van der Waals surface area contributed by atoms with Gasteiger partial charge in [0.15, 0.2) is 0 Å². The summed E-state index contributed by atoms with van der Waals surface area (Å²) in [7, 11) is 0. The standard InChI is InChI=1S/C9H9ClN4/c10-8-3-1-7(2-4-8)5-11-9-12-6-13-14-9/h1-4,6H,5H2,(H2,11,12,13,14). The lowest BCUT2D eigenvalue weighted by Gasteiger charge is -2.01. The number of nitrogens with zero attached hydrogens (tertiary/aromatic N) is 2. The van der Waals surface area contributed by atoms with E-state index in [1.165, 1.54) is 6.33 Å². The minimum atomic E-state index is 0.597. The predicted molar refractivity (Wildman–Crippen MR) is 55.2 cm³/mol. The van der Waals surface area contributed by atoms with Gasteiger partial charge in [0.05, 0.1) is 0 Å². The molecule has 2 N–H and O–H groups in total. The number of aromatic amines is 1. The van der Waals surface area contributed by atoms with Crippen molar-refractivity contribution < 1.29 is 0 Å². The highest BCUT2D eigenvalue weighted by atomic mass is 35.5. The summed E-state index contributed by atoms with van der Waals surface area (Å²) in [6, 6.07) is 7.64. The molecule has 0 saturated heterocycles. The third-order valence-electron chi connectivity index (χ3n) is 1.78. The van der Waals surface area contributed by atoms with Crippen LogP contribution in [0, 0.1) is 0 Å². The molecule has 72 valence electrons. The van der Waals surface area contributed by atoms with Gasteiger partial charge in [0, 0.05) is 11.6 Å². The van der Waals surface area contributed by atoms with E-state index in [-0.39, 0.29) is 0 Å². The summed E-state index contributed by atoms with van der Waals surface area (Å²) < 4.78 is 0. The summed E-state index contributed by atoms with van der Waals surface area (Å²) in [5, 5.41) is 10.3. The Morgan fingerprint density at radius 1 is 1.29 bits per heavy atom. The van der Waals surface area contributed by atoms with Gasteiger partial charge in [-0.3, -0.25) is 5.10 Å². The number of halogens is 1. The highest BCUT2D eigenvalue weighted by molar-refractivity contribution is 6.30. The average molecular weight is 209 g/mol. The molecule has 0 atom stereocenters. The van der Waals surface area contributed by atoms with Crippen molar-refractivity contribution in [3.05, 3.63) is 41.2 Å². The molecule has 1 heterocycles. The largest absolute Gasteiger partial charge is 0.349 e. The highest BCUT2D eigenvalue weighted by Crippen LogP contribution is 2.10. The van der Waals surface area contributed by atoms with Gasteiger partial charge < -0.3 is 5.32 Å². The minimum Gasteiger partial charge on any atom is -0.349 e. The first-order chi connectivity index (χ1) is 6.84. The zero-order valence-electron chi connectivity index (χ0n) is 7.37. The molecule has 2 aromatic rings. The summed E-state index contributed by atoms with van der Waals surface area (Å²) in [5.41, 5.74) is 1.14. The molecule has 2 rings (SSSR count). The lowest BCUT2D eigenvalue weighted by atomic mass is 10.2. The second kappa shape index (κ2) is 4.11. The van der Waals surface area contributed by atoms with Gasteiger partial charge in [-0.05, 0) is 17.7 Å². The van der Waals surface area contributed by atoms with E-state index in [1.54, 1.807) is 0 Å². The fourth-order valence-corrected chi connectivity index (χ4v) is 1.20. The van der Waals surface area contributed by atoms with Crippen molar-refractivity contribution in [1.29, 1.82) is 0 Å². The maximum Gasteiger partial charge on any atom is 0.242 e. The monoisotopic (exact) mass is 208 g/mol. The van der Waals surface area contributed by atoms with Crippen LogP contribution in [0.1, 0.15) is 5.56 Å². The minimum absolute atomic E-state index is 0.597. The molecule has 0 bridgehead atoms. The molecule has 1 aromatic carbocycles. The first-order valence-corrected chi connectivity index (χ1v) is 4.56. The number of nitrogens with one attached hydrogen (secondary N) is 2. The Labute approximate surface area is 86.3 Å². The number of aromatic nitrogens is 3. The van der Waals surface area contributed by atoms with Gasteiger partial charge >= 0.3 is 0 Å². The summed E-state index contributed by atoms with van der Waals surface area (Å²) in [6.07, 6.45) is 1.53. The van der Waals surface area contributed by atoms with Gasteiger partial charge in [0.1, 0.15) is 6.33 Å². The molecule has 4 nitrogen and oxygen atoms in total. The molecule has 0 amide bonds. The first kappa shape index (κ1) is 9.02. The van der Waals surface area contributed by atoms with Crippen LogP contribution in [0.3, 0.4) is 0 Å². The molecular weight excluding hydrogens is 200 g/mol. The van der Waals surface area contributed by atoms with Crippen molar-refractivity contribution in [2.24, 2.45) is 0 Å². The van der Waals surface area contributed by atoms with Crippen molar-refractivity contribution >= 4 is 17.5 Å². The second-order valence-corrected chi connectivity index (χ2v) is 3.24. The number of H-pyrrole nitrogens is 1. The van der Waals surface area contributed by atoms with Crippen LogP contribution in [0.15, 0.2) is 30.6 Å². The van der Waals surface area contributed by atoms with Gasteiger partial charge in [-0.25, -0.2) is 4.98 Å². The van der Waals surface area contributed by atoms with Gasteiger partial charge in [0.25, 0.3) is 0 Å². The Balaban J connectivity index is 1.95. The Kier molecular flexibility index (Phi) is 2.65. The summed E-state index contributed by atoms with van der Waals surface area (Å²) in [6.45, 7) is 0.690. The SMILES string of the molecule is Clc1ccc(CNc2nc[nH]n2)cc1. The molecule has 0 aliphatic carbocycles. The third-order valence-corrected chi connectivity index (χ3v) is 2.03. The predicted octanol–water partition coefficient (Wildman–Crippen LogP) is 2.07. The molecule has 0 fully saturated rings. The van der Waals surface area contributed by atoms with E-state index in [9.17, 15) is 0 Å². The molecule has 0 aliphatic heterocycles. The number of benzene rings is 1. The quantitative estimate of drug-likeness (QED) is 0.812. The van der Waals surface area contributed by atoms with Gasteiger partial charge in [-0.2, -0.15) is 0 Å². The van der Waals surface area contributed by atoms with Crippen LogP contribution in [-0.4, -0.2) is 15.2 Å². The summed E-state index contributed by atoms with van der Waals surface area (Å²) >= 11 is 5.76. The summed E-state index contributed by atoms with van der Waals surface area (Å²) in [4.78, 5) is 3.95. The van der Waals surface area contributed by atoms with Crippen molar-refractivity contribution in [3.8, 4) is 0 Å². The van der Waals surface area contributed by atoms with Crippen LogP contribution in [0.25, 0.3) is 0 Å². The smallest absolute Gasteiger partial charge is 0.242 e. The van der Waals surface area contributed by atoms with E-state index in [4.69, 9.17) is 11.6 Å². The number of hydrogen-bond donors (Lipinski definition) is 2. The molecule has 0 aliphatic rings. The van der Waals surface area contributed by atoms with E-state index in [1.807, 2.05) is 24.3 Å². The van der Waals surface area contributed by atoms with Crippen molar-refractivity contribution in [2.75, 3.05) is 5.32 Å². The van der Waals surface area contributed by atoms with E-state index in [2.05, 4.69) is 20.5 Å². The Morgan fingerprint density at radius 2 is 2.07 bits per heavy atom. The van der Waals surface area contributed by atoms with E-state index < -0.39 is 0 Å². The van der Waals surface area contributed by atoms with Crippen LogP contribution < -0.4 is 5.32 Å². The Hall–Kier alpha value is -1.55. The lowest BCUT2D eigenvalue weighted by molar-refractivity contribution is 1.04. The van der Waals surface area contributed by atoms with Crippen LogP contribution in [0.4, 0.5) is 5.95 Å². The van der Waals surface area contributed by atoms with Gasteiger partial charge in [-0.1, -0.05) is 23.7 Å². The van der Waals surface area contributed by atoms with Crippen LogP contribution in [0.2, 0.25) is 5.02 Å². The fraction of sp³-hybridized carbons (Fsp3) is 0.111. The molecule has 0 spiro atoms. The molecule has 5 heteroatoms. The number of hydrogen-bond acceptors (Lipinski definition) is 3. The topological polar surface area (TPSA) is 53.6 Å². The highest BCUT2D eigenvalue weighted by Gasteiger charge is 1.95. The molecule has 0 saturated carbocycles. The maximum absolute atomic E-state index is 5.76. The van der Waals surface area contributed by atoms with E-state index in [0.29, 0.717) is 12.5 Å². The normalized spacial score (nSPS) is 10.1. The third kappa shape index (κ3) is 2.23. The lowest BCUT2D eigenvalue weighted by Crippen LogP contribution is -2.00. The van der Waals surface area contributed by atoms with E-state index in [0.717, 1.165) is 10.6 Å². The Morgan fingerprint density at radius 3 is 2.71 bits per heavy atom. The molecule has 0 radical (unpaired) electrons. The number of rotatable bonds is 3. The van der Waals surface area contributed by atoms with Gasteiger partial charge in [-0.15, -0.1) is 5.10 Å². The molecular formula is C9H9ClN4. The van der Waals surface area contributed by atoms with Crippen molar-refractivity contribution in [2.45, 2.75) is 6.54 Å².